The van der Waals surface area contributed by atoms with E-state index in [1.165, 1.54) is 5.56 Å². The smallest absolute Gasteiger partial charge is 0.257 e. The highest BCUT2D eigenvalue weighted by Crippen LogP contribution is 2.27. The number of nitrogens with zero attached hydrogens (tertiary/aromatic N) is 1. The van der Waals surface area contributed by atoms with E-state index in [0.29, 0.717) is 28.5 Å². The first-order valence-electron chi connectivity index (χ1n) is 10.1. The Morgan fingerprint density at radius 1 is 1.03 bits per heavy atom. The van der Waals surface area contributed by atoms with Crippen LogP contribution >= 0.6 is 12.2 Å². The van der Waals surface area contributed by atoms with Gasteiger partial charge in [-0.1, -0.05) is 44.2 Å². The first-order valence-corrected chi connectivity index (χ1v) is 10.5. The lowest BCUT2D eigenvalue weighted by molar-refractivity contribution is 0.0977. The third-order valence-corrected chi connectivity index (χ3v) is 5.29. The molecule has 1 aromatic heterocycles. The predicted octanol–water partition coefficient (Wildman–Crippen LogP) is 6.05. The number of hydrogen-bond donors (Lipinski definition) is 2. The average Bonchev–Trinajstić information content (AvgIpc) is 3.17. The van der Waals surface area contributed by atoms with Gasteiger partial charge in [-0.05, 0) is 72.6 Å². The van der Waals surface area contributed by atoms with Gasteiger partial charge in [-0.15, -0.1) is 0 Å². The number of amides is 1. The fraction of sp³-hybridized carbons (Fsp3) is 0.160. The number of aromatic nitrogens is 1. The summed E-state index contributed by atoms with van der Waals surface area (Å²) in [6.07, 6.45) is 0. The van der Waals surface area contributed by atoms with Crippen molar-refractivity contribution in [1.29, 1.82) is 0 Å². The van der Waals surface area contributed by atoms with E-state index >= 15 is 0 Å². The van der Waals surface area contributed by atoms with Gasteiger partial charge in [0.1, 0.15) is 5.52 Å². The Kier molecular flexibility index (Phi) is 5.82. The zero-order valence-corrected chi connectivity index (χ0v) is 18.4. The predicted molar refractivity (Wildman–Crippen MR) is 128 cm³/mol. The van der Waals surface area contributed by atoms with Crippen LogP contribution in [0.5, 0.6) is 0 Å². The number of carbonyl (C=O) groups is 1. The quantitative estimate of drug-likeness (QED) is 0.386. The Labute approximate surface area is 186 Å². The molecule has 4 rings (SSSR count). The molecule has 5 nitrogen and oxygen atoms in total. The maximum Gasteiger partial charge on any atom is 0.257 e. The Balaban J connectivity index is 1.48. The van der Waals surface area contributed by atoms with Crippen molar-refractivity contribution in [3.8, 4) is 11.5 Å². The Bertz CT molecular complexity index is 1260. The lowest BCUT2D eigenvalue weighted by atomic mass is 10.0. The maximum atomic E-state index is 12.4. The van der Waals surface area contributed by atoms with Gasteiger partial charge in [0.15, 0.2) is 10.7 Å². The first-order chi connectivity index (χ1) is 14.9. The number of oxazole rings is 1. The molecular weight excluding hydrogens is 406 g/mol. The highest BCUT2D eigenvalue weighted by atomic mass is 32.1. The van der Waals surface area contributed by atoms with Crippen LogP contribution in [0.4, 0.5) is 5.69 Å². The van der Waals surface area contributed by atoms with E-state index in [1.807, 2.05) is 55.5 Å². The lowest BCUT2D eigenvalue weighted by Crippen LogP contribution is -2.34. The molecule has 0 atom stereocenters. The van der Waals surface area contributed by atoms with Crippen molar-refractivity contribution in [2.24, 2.45) is 0 Å². The number of rotatable bonds is 4. The van der Waals surface area contributed by atoms with Gasteiger partial charge in [-0.2, -0.15) is 0 Å². The van der Waals surface area contributed by atoms with Crippen molar-refractivity contribution in [2.75, 3.05) is 5.32 Å². The lowest BCUT2D eigenvalue weighted by Gasteiger charge is -2.10. The number of nitrogens with one attached hydrogen (secondary N) is 2. The van der Waals surface area contributed by atoms with Crippen LogP contribution in [-0.2, 0) is 0 Å². The Morgan fingerprint density at radius 3 is 2.48 bits per heavy atom. The molecule has 0 spiro atoms. The van der Waals surface area contributed by atoms with Gasteiger partial charge < -0.3 is 9.73 Å². The number of fused-ring (bicyclic) bond motifs is 1. The first kappa shape index (κ1) is 20.8. The molecular formula is C25H23N3O2S. The molecule has 0 fully saturated rings. The summed E-state index contributed by atoms with van der Waals surface area (Å²) in [5, 5.41) is 5.98. The molecule has 0 aliphatic carbocycles. The zero-order chi connectivity index (χ0) is 22.0. The molecule has 0 unspecified atom stereocenters. The molecule has 2 N–H and O–H groups in total. The monoisotopic (exact) mass is 429 g/mol. The molecule has 0 radical (unpaired) electrons. The summed E-state index contributed by atoms with van der Waals surface area (Å²) in [7, 11) is 0. The van der Waals surface area contributed by atoms with E-state index in [1.54, 1.807) is 6.07 Å². The number of benzene rings is 3. The van der Waals surface area contributed by atoms with E-state index in [4.69, 9.17) is 16.6 Å². The molecule has 0 aliphatic heterocycles. The Morgan fingerprint density at radius 2 is 1.77 bits per heavy atom. The minimum atomic E-state index is -0.245. The fourth-order valence-electron chi connectivity index (χ4n) is 3.30. The molecule has 0 aliphatic rings. The maximum absolute atomic E-state index is 12.4. The summed E-state index contributed by atoms with van der Waals surface area (Å²) in [5.74, 6) is 0.796. The molecule has 0 bridgehead atoms. The number of thiocarbonyl (C=S) groups is 1. The normalized spacial score (nSPS) is 11.0. The third-order valence-electron chi connectivity index (χ3n) is 5.09. The summed E-state index contributed by atoms with van der Waals surface area (Å²) < 4.78 is 5.91. The van der Waals surface area contributed by atoms with Crippen LogP contribution in [0.15, 0.2) is 71.1 Å². The topological polar surface area (TPSA) is 67.2 Å². The summed E-state index contributed by atoms with van der Waals surface area (Å²) >= 11 is 5.31. The Hall–Kier alpha value is -3.51. The van der Waals surface area contributed by atoms with Crippen molar-refractivity contribution in [2.45, 2.75) is 26.7 Å². The van der Waals surface area contributed by atoms with Gasteiger partial charge in [0, 0.05) is 16.8 Å². The van der Waals surface area contributed by atoms with Crippen LogP contribution in [0.2, 0.25) is 0 Å². The number of aryl methyl sites for hydroxylation is 1. The molecule has 31 heavy (non-hydrogen) atoms. The van der Waals surface area contributed by atoms with E-state index in [9.17, 15) is 4.79 Å². The standard InChI is InChI=1S/C25H23N3O2S/c1-15(2)17-8-10-18(11-9-17)24-27-21-14-19(12-13-22(21)30-24)26-25(31)28-23(29)20-7-5-4-6-16(20)3/h4-15H,1-3H3,(H2,26,28,29,31). The molecule has 6 heteroatoms. The zero-order valence-electron chi connectivity index (χ0n) is 17.6. The minimum Gasteiger partial charge on any atom is -0.436 e. The SMILES string of the molecule is Cc1ccccc1C(=O)NC(=S)Nc1ccc2oc(-c3ccc(C(C)C)cc3)nc2c1. The molecule has 3 aromatic carbocycles. The highest BCUT2D eigenvalue weighted by Gasteiger charge is 2.12. The van der Waals surface area contributed by atoms with Gasteiger partial charge in [-0.3, -0.25) is 10.1 Å². The van der Waals surface area contributed by atoms with Crippen LogP contribution in [-0.4, -0.2) is 16.0 Å². The third kappa shape index (κ3) is 4.64. The van der Waals surface area contributed by atoms with Gasteiger partial charge in [0.05, 0.1) is 0 Å². The van der Waals surface area contributed by atoms with Gasteiger partial charge in [0.2, 0.25) is 5.89 Å². The van der Waals surface area contributed by atoms with E-state index in [0.717, 1.165) is 16.8 Å². The molecule has 1 amide bonds. The second-order valence-electron chi connectivity index (χ2n) is 7.70. The number of anilines is 1. The van der Waals surface area contributed by atoms with Crippen LogP contribution in [0.25, 0.3) is 22.6 Å². The van der Waals surface area contributed by atoms with Crippen LogP contribution in [0, 0.1) is 6.92 Å². The van der Waals surface area contributed by atoms with Crippen LogP contribution in [0.3, 0.4) is 0 Å². The van der Waals surface area contributed by atoms with E-state index < -0.39 is 0 Å². The highest BCUT2D eigenvalue weighted by molar-refractivity contribution is 7.80. The van der Waals surface area contributed by atoms with Crippen LogP contribution < -0.4 is 10.6 Å². The molecule has 1 heterocycles. The van der Waals surface area contributed by atoms with Gasteiger partial charge in [0.25, 0.3) is 5.91 Å². The second kappa shape index (κ2) is 8.70. The van der Waals surface area contributed by atoms with Crippen molar-refractivity contribution in [1.82, 2.24) is 10.3 Å². The molecule has 0 saturated carbocycles. The van der Waals surface area contributed by atoms with Crippen molar-refractivity contribution in [3.05, 3.63) is 83.4 Å². The molecule has 0 saturated heterocycles. The van der Waals surface area contributed by atoms with Crippen molar-refractivity contribution >= 4 is 40.0 Å². The fourth-order valence-corrected chi connectivity index (χ4v) is 3.51. The molecule has 156 valence electrons. The number of hydrogen-bond acceptors (Lipinski definition) is 4. The van der Waals surface area contributed by atoms with E-state index in [2.05, 4.69) is 41.6 Å². The minimum absolute atomic E-state index is 0.223. The van der Waals surface area contributed by atoms with Gasteiger partial charge >= 0.3 is 0 Å². The summed E-state index contributed by atoms with van der Waals surface area (Å²) in [6.45, 7) is 6.21. The summed E-state index contributed by atoms with van der Waals surface area (Å²) in [5.41, 5.74) is 5.79. The second-order valence-corrected chi connectivity index (χ2v) is 8.11. The summed E-state index contributed by atoms with van der Waals surface area (Å²) in [6, 6.07) is 21.1. The van der Waals surface area contributed by atoms with Crippen LogP contribution in [0.1, 0.15) is 41.3 Å². The van der Waals surface area contributed by atoms with E-state index in [-0.39, 0.29) is 11.0 Å². The number of carbonyl (C=O) groups excluding carboxylic acids is 1. The molecule has 4 aromatic rings. The van der Waals surface area contributed by atoms with Crippen molar-refractivity contribution in [3.63, 3.8) is 0 Å². The van der Waals surface area contributed by atoms with Crippen molar-refractivity contribution < 1.29 is 9.21 Å². The average molecular weight is 430 g/mol. The summed E-state index contributed by atoms with van der Waals surface area (Å²) in [4.78, 5) is 17.0. The van der Waals surface area contributed by atoms with Gasteiger partial charge in [-0.25, -0.2) is 4.98 Å². The largest absolute Gasteiger partial charge is 0.436 e.